The molecule has 0 fully saturated rings. The van der Waals surface area contributed by atoms with E-state index < -0.39 is 0 Å². The van der Waals surface area contributed by atoms with Gasteiger partial charge in [-0.15, -0.1) is 0 Å². The predicted molar refractivity (Wildman–Crippen MR) is 142 cm³/mol. The molecule has 0 saturated heterocycles. The molecule has 3 nitrogen and oxygen atoms in total. The monoisotopic (exact) mass is 452 g/mol. The Morgan fingerprint density at radius 3 is 2.15 bits per heavy atom. The van der Waals surface area contributed by atoms with Crippen molar-refractivity contribution in [1.29, 1.82) is 5.26 Å². The SMILES string of the molecule is CC(C)N(CCC(c1ccccc1)c1cc(C=CC#N)ccc1OCc1ccccc1)C(C)C. The number of benzene rings is 3. The maximum Gasteiger partial charge on any atom is 0.123 e. The van der Waals surface area contributed by atoms with E-state index in [1.165, 1.54) is 11.6 Å². The molecule has 0 aromatic heterocycles. The molecule has 0 spiro atoms. The van der Waals surface area contributed by atoms with E-state index in [1.807, 2.05) is 36.4 Å². The largest absolute Gasteiger partial charge is 0.489 e. The maximum atomic E-state index is 9.03. The maximum absolute atomic E-state index is 9.03. The summed E-state index contributed by atoms with van der Waals surface area (Å²) in [5.41, 5.74) is 4.59. The van der Waals surface area contributed by atoms with Crippen molar-refractivity contribution in [1.82, 2.24) is 4.90 Å². The summed E-state index contributed by atoms with van der Waals surface area (Å²) in [7, 11) is 0. The van der Waals surface area contributed by atoms with Crippen molar-refractivity contribution in [2.45, 2.75) is 58.7 Å². The molecule has 176 valence electrons. The van der Waals surface area contributed by atoms with Gasteiger partial charge in [-0.1, -0.05) is 66.7 Å². The van der Waals surface area contributed by atoms with Crippen LogP contribution in [0.5, 0.6) is 5.75 Å². The fourth-order valence-electron chi connectivity index (χ4n) is 4.52. The number of nitrogens with zero attached hydrogens (tertiary/aromatic N) is 2. The Morgan fingerprint density at radius 2 is 1.53 bits per heavy atom. The van der Waals surface area contributed by atoms with Gasteiger partial charge in [0.1, 0.15) is 12.4 Å². The number of ether oxygens (including phenoxy) is 1. The molecule has 0 heterocycles. The van der Waals surface area contributed by atoms with E-state index in [-0.39, 0.29) is 5.92 Å². The summed E-state index contributed by atoms with van der Waals surface area (Å²) in [6.45, 7) is 10.6. The quantitative estimate of drug-likeness (QED) is 0.284. The van der Waals surface area contributed by atoms with Crippen molar-refractivity contribution in [2.75, 3.05) is 6.54 Å². The molecule has 0 amide bonds. The van der Waals surface area contributed by atoms with E-state index in [0.717, 1.165) is 35.4 Å². The van der Waals surface area contributed by atoms with Gasteiger partial charge in [0.2, 0.25) is 0 Å². The van der Waals surface area contributed by atoms with E-state index in [4.69, 9.17) is 10.00 Å². The Kier molecular flexibility index (Phi) is 9.50. The Balaban J connectivity index is 2.00. The van der Waals surface area contributed by atoms with E-state index in [0.29, 0.717) is 18.7 Å². The van der Waals surface area contributed by atoms with Crippen molar-refractivity contribution < 1.29 is 4.74 Å². The summed E-state index contributed by atoms with van der Waals surface area (Å²) in [6.07, 6.45) is 4.37. The first kappa shape index (κ1) is 25.3. The third-order valence-electron chi connectivity index (χ3n) is 6.20. The minimum absolute atomic E-state index is 0.183. The minimum Gasteiger partial charge on any atom is -0.489 e. The van der Waals surface area contributed by atoms with Crippen molar-refractivity contribution >= 4 is 6.08 Å². The van der Waals surface area contributed by atoms with E-state index >= 15 is 0 Å². The number of allylic oxidation sites excluding steroid dienone is 1. The normalized spacial score (nSPS) is 12.4. The van der Waals surface area contributed by atoms with Crippen molar-refractivity contribution in [3.05, 3.63) is 107 Å². The van der Waals surface area contributed by atoms with Gasteiger partial charge >= 0.3 is 0 Å². The lowest BCUT2D eigenvalue weighted by molar-refractivity contribution is 0.170. The zero-order valence-corrected chi connectivity index (χ0v) is 20.8. The highest BCUT2D eigenvalue weighted by Gasteiger charge is 2.22. The second kappa shape index (κ2) is 12.8. The smallest absolute Gasteiger partial charge is 0.123 e. The molecule has 0 aliphatic rings. The topological polar surface area (TPSA) is 36.3 Å². The summed E-state index contributed by atoms with van der Waals surface area (Å²) < 4.78 is 6.38. The molecule has 0 bridgehead atoms. The summed E-state index contributed by atoms with van der Waals surface area (Å²) in [6, 6.07) is 30.3. The lowest BCUT2D eigenvalue weighted by Gasteiger charge is -2.32. The molecule has 1 atom stereocenters. The van der Waals surface area contributed by atoms with E-state index in [1.54, 1.807) is 0 Å². The third-order valence-corrected chi connectivity index (χ3v) is 6.20. The van der Waals surface area contributed by atoms with Crippen LogP contribution in [0.3, 0.4) is 0 Å². The third kappa shape index (κ3) is 7.07. The second-order valence-corrected chi connectivity index (χ2v) is 9.21. The number of hydrogen-bond donors (Lipinski definition) is 0. The van der Waals surface area contributed by atoms with Crippen LogP contribution in [0, 0.1) is 11.3 Å². The zero-order valence-electron chi connectivity index (χ0n) is 20.8. The Morgan fingerprint density at radius 1 is 0.882 bits per heavy atom. The van der Waals surface area contributed by atoms with E-state index in [2.05, 4.69) is 87.2 Å². The molecule has 3 heteroatoms. The summed E-state index contributed by atoms with van der Waals surface area (Å²) >= 11 is 0. The molecule has 1 unspecified atom stereocenters. The van der Waals surface area contributed by atoms with Crippen LogP contribution >= 0.6 is 0 Å². The number of hydrogen-bond acceptors (Lipinski definition) is 3. The molecular formula is C31H36N2O. The van der Waals surface area contributed by atoms with Crippen LogP contribution in [0.25, 0.3) is 6.08 Å². The zero-order chi connectivity index (χ0) is 24.3. The van der Waals surface area contributed by atoms with Crippen LogP contribution in [0.1, 0.15) is 62.3 Å². The van der Waals surface area contributed by atoms with Crippen LogP contribution < -0.4 is 4.74 Å². The summed E-state index contributed by atoms with van der Waals surface area (Å²) in [5.74, 6) is 1.08. The molecule has 0 N–H and O–H groups in total. The first-order valence-electron chi connectivity index (χ1n) is 12.2. The van der Waals surface area contributed by atoms with Gasteiger partial charge in [0.15, 0.2) is 0 Å². The highest BCUT2D eigenvalue weighted by molar-refractivity contribution is 5.57. The van der Waals surface area contributed by atoms with Gasteiger partial charge in [-0.2, -0.15) is 5.26 Å². The standard InChI is InChI=1S/C31H36N2O/c1-24(2)33(25(3)4)21-19-29(28-15-9-6-10-16-28)30-22-26(14-11-20-32)17-18-31(30)34-23-27-12-7-5-8-13-27/h5-18,22,24-25,29H,19,21,23H2,1-4H3. The molecule has 3 aromatic rings. The first-order chi connectivity index (χ1) is 16.5. The summed E-state index contributed by atoms with van der Waals surface area (Å²) in [5, 5.41) is 9.03. The molecule has 3 aromatic carbocycles. The predicted octanol–water partition coefficient (Wildman–Crippen LogP) is 7.44. The lowest BCUT2D eigenvalue weighted by Crippen LogP contribution is -2.38. The fourth-order valence-corrected chi connectivity index (χ4v) is 4.52. The van der Waals surface area contributed by atoms with Gasteiger partial charge < -0.3 is 4.74 Å². The van der Waals surface area contributed by atoms with Crippen LogP contribution in [-0.2, 0) is 6.61 Å². The van der Waals surface area contributed by atoms with Crippen LogP contribution in [0.2, 0.25) is 0 Å². The van der Waals surface area contributed by atoms with Gasteiger partial charge in [0, 0.05) is 29.6 Å². The Bertz CT molecular complexity index is 1070. The van der Waals surface area contributed by atoms with Crippen molar-refractivity contribution in [2.24, 2.45) is 0 Å². The molecule has 0 radical (unpaired) electrons. The number of nitriles is 1. The fraction of sp³-hybridized carbons (Fsp3) is 0.323. The van der Waals surface area contributed by atoms with Gasteiger partial charge in [-0.05, 0) is 75.6 Å². The second-order valence-electron chi connectivity index (χ2n) is 9.21. The van der Waals surface area contributed by atoms with Crippen LogP contribution in [0.15, 0.2) is 84.9 Å². The molecular weight excluding hydrogens is 416 g/mol. The van der Waals surface area contributed by atoms with Gasteiger partial charge in [0.05, 0.1) is 6.07 Å². The minimum atomic E-state index is 0.183. The number of rotatable bonds is 11. The average molecular weight is 453 g/mol. The molecule has 34 heavy (non-hydrogen) atoms. The Hall–Kier alpha value is -3.35. The van der Waals surface area contributed by atoms with Crippen LogP contribution in [0.4, 0.5) is 0 Å². The highest BCUT2D eigenvalue weighted by Crippen LogP contribution is 2.36. The van der Waals surface area contributed by atoms with Crippen molar-refractivity contribution in [3.63, 3.8) is 0 Å². The van der Waals surface area contributed by atoms with Gasteiger partial charge in [0.25, 0.3) is 0 Å². The average Bonchev–Trinajstić information content (AvgIpc) is 2.85. The molecule has 3 rings (SSSR count). The van der Waals surface area contributed by atoms with Crippen LogP contribution in [-0.4, -0.2) is 23.5 Å². The van der Waals surface area contributed by atoms with Gasteiger partial charge in [-0.25, -0.2) is 0 Å². The molecule has 0 aliphatic carbocycles. The summed E-state index contributed by atoms with van der Waals surface area (Å²) in [4.78, 5) is 2.54. The first-order valence-corrected chi connectivity index (χ1v) is 12.2. The molecule has 0 saturated carbocycles. The molecule has 0 aliphatic heterocycles. The van der Waals surface area contributed by atoms with Gasteiger partial charge in [-0.3, -0.25) is 4.90 Å². The highest BCUT2D eigenvalue weighted by atomic mass is 16.5. The van der Waals surface area contributed by atoms with Crippen molar-refractivity contribution in [3.8, 4) is 11.8 Å². The van der Waals surface area contributed by atoms with E-state index in [9.17, 15) is 0 Å². The lowest BCUT2D eigenvalue weighted by atomic mass is 9.86. The Labute approximate surface area is 205 Å².